The standard InChI is InChI=1S/C37H37N2O4.BrH/c1-39(20-19-31-21-35(40-2)36(22-32(31)25-39)42-27-29-11-7-4-8-12-29)24-30-13-18-37(38-23-30)43-34-16-14-33(15-17-34)41-26-28-9-5-3-6-10-28;/h3-18,21-23H,19-20,24-27H2,1-2H3;1H/q+1;/p-1. The highest BCUT2D eigenvalue weighted by atomic mass is 79.9. The Morgan fingerprint density at radius 1 is 0.682 bits per heavy atom. The average molecular weight is 654 g/mol. The van der Waals surface area contributed by atoms with Gasteiger partial charge in [0.1, 0.15) is 37.8 Å². The van der Waals surface area contributed by atoms with Crippen molar-refractivity contribution in [1.82, 2.24) is 4.98 Å². The molecule has 0 spiro atoms. The molecule has 1 unspecified atom stereocenters. The van der Waals surface area contributed by atoms with E-state index < -0.39 is 0 Å². The first-order valence-electron chi connectivity index (χ1n) is 14.6. The molecule has 6 nitrogen and oxygen atoms in total. The molecule has 1 aromatic heterocycles. The zero-order valence-electron chi connectivity index (χ0n) is 25.1. The van der Waals surface area contributed by atoms with Gasteiger partial charge in [-0.25, -0.2) is 4.98 Å². The first-order valence-corrected chi connectivity index (χ1v) is 14.6. The van der Waals surface area contributed by atoms with Crippen LogP contribution in [0.3, 0.4) is 0 Å². The monoisotopic (exact) mass is 652 g/mol. The smallest absolute Gasteiger partial charge is 0.219 e. The molecule has 2 heterocycles. The van der Waals surface area contributed by atoms with Gasteiger partial charge in [-0.1, -0.05) is 60.7 Å². The Morgan fingerprint density at radius 3 is 1.95 bits per heavy atom. The van der Waals surface area contributed by atoms with Crippen molar-refractivity contribution in [3.05, 3.63) is 143 Å². The molecule has 1 aliphatic heterocycles. The van der Waals surface area contributed by atoms with Gasteiger partial charge in [0.05, 0.1) is 20.7 Å². The van der Waals surface area contributed by atoms with Crippen molar-refractivity contribution < 1.29 is 40.4 Å². The Hall–Kier alpha value is -4.33. The lowest BCUT2D eigenvalue weighted by molar-refractivity contribution is -0.937. The molecule has 0 amide bonds. The molecule has 0 aliphatic carbocycles. The number of ether oxygens (including phenoxy) is 4. The highest BCUT2D eigenvalue weighted by molar-refractivity contribution is 5.48. The first-order chi connectivity index (χ1) is 21.0. The fraction of sp³-hybridized carbons (Fsp3) is 0.216. The Morgan fingerprint density at radius 2 is 1.32 bits per heavy atom. The summed E-state index contributed by atoms with van der Waals surface area (Å²) in [5, 5.41) is 0. The molecule has 5 aromatic rings. The molecule has 0 saturated heterocycles. The second-order valence-corrected chi connectivity index (χ2v) is 11.3. The summed E-state index contributed by atoms with van der Waals surface area (Å²) in [6.45, 7) is 3.88. The molecule has 0 N–H and O–H groups in total. The Balaban J connectivity index is 0.00000384. The van der Waals surface area contributed by atoms with Crippen LogP contribution >= 0.6 is 0 Å². The normalized spacial score (nSPS) is 15.4. The number of likely N-dealkylation sites (N-methyl/N-ethyl adjacent to an activating group) is 1. The molecule has 1 aliphatic rings. The van der Waals surface area contributed by atoms with Crippen molar-refractivity contribution in [3.8, 4) is 28.9 Å². The number of pyridine rings is 1. The van der Waals surface area contributed by atoms with Gasteiger partial charge in [0.15, 0.2) is 11.5 Å². The van der Waals surface area contributed by atoms with Crippen LogP contribution < -0.4 is 35.9 Å². The lowest BCUT2D eigenvalue weighted by atomic mass is 9.96. The summed E-state index contributed by atoms with van der Waals surface area (Å²) in [7, 11) is 4.01. The number of hydrogen-bond acceptors (Lipinski definition) is 5. The SMILES string of the molecule is COc1cc2c(cc1OCc1ccccc1)C[N+](C)(Cc1ccc(Oc3ccc(OCc4ccccc4)cc3)nc1)CC2.[Br-]. The number of aromatic nitrogens is 1. The van der Waals surface area contributed by atoms with Gasteiger partial charge in [0.25, 0.3) is 0 Å². The van der Waals surface area contributed by atoms with E-state index in [0.29, 0.717) is 19.1 Å². The molecular formula is C37H37BrN2O4. The summed E-state index contributed by atoms with van der Waals surface area (Å²) in [6, 6.07) is 36.3. The van der Waals surface area contributed by atoms with E-state index in [1.54, 1.807) is 7.11 Å². The third-order valence-corrected chi connectivity index (χ3v) is 7.85. The van der Waals surface area contributed by atoms with E-state index in [4.69, 9.17) is 18.9 Å². The summed E-state index contributed by atoms with van der Waals surface area (Å²) in [5.74, 6) is 3.67. The number of benzene rings is 4. The Bertz CT molecular complexity index is 1630. The molecular weight excluding hydrogens is 616 g/mol. The van der Waals surface area contributed by atoms with Gasteiger partial charge in [0.2, 0.25) is 5.88 Å². The number of halogens is 1. The lowest BCUT2D eigenvalue weighted by Gasteiger charge is -2.39. The second-order valence-electron chi connectivity index (χ2n) is 11.3. The maximum absolute atomic E-state index is 6.20. The van der Waals surface area contributed by atoms with Gasteiger partial charge in [-0.05, 0) is 59.2 Å². The van der Waals surface area contributed by atoms with Crippen molar-refractivity contribution in [2.75, 3.05) is 20.7 Å². The van der Waals surface area contributed by atoms with E-state index in [1.807, 2.05) is 72.9 Å². The molecule has 4 aromatic carbocycles. The van der Waals surface area contributed by atoms with Crippen LogP contribution in [0.4, 0.5) is 0 Å². The minimum atomic E-state index is 0. The fourth-order valence-corrected chi connectivity index (χ4v) is 5.52. The zero-order valence-corrected chi connectivity index (χ0v) is 26.7. The van der Waals surface area contributed by atoms with Gasteiger partial charge in [-0.2, -0.15) is 0 Å². The van der Waals surface area contributed by atoms with E-state index in [-0.39, 0.29) is 17.0 Å². The van der Waals surface area contributed by atoms with Crippen LogP contribution in [0.25, 0.3) is 0 Å². The minimum absolute atomic E-state index is 0. The number of fused-ring (bicyclic) bond motifs is 1. The largest absolute Gasteiger partial charge is 1.00 e. The van der Waals surface area contributed by atoms with Gasteiger partial charge in [0, 0.05) is 29.8 Å². The highest BCUT2D eigenvalue weighted by Crippen LogP contribution is 2.36. The Labute approximate surface area is 270 Å². The number of methoxy groups -OCH3 is 1. The van der Waals surface area contributed by atoms with Crippen molar-refractivity contribution in [2.24, 2.45) is 0 Å². The molecule has 7 heteroatoms. The maximum Gasteiger partial charge on any atom is 0.219 e. The van der Waals surface area contributed by atoms with E-state index in [0.717, 1.165) is 64.7 Å². The van der Waals surface area contributed by atoms with Crippen molar-refractivity contribution >= 4 is 0 Å². The van der Waals surface area contributed by atoms with Crippen molar-refractivity contribution in [3.63, 3.8) is 0 Å². The molecule has 1 atom stereocenters. The summed E-state index contributed by atoms with van der Waals surface area (Å²) < 4.78 is 24.7. The van der Waals surface area contributed by atoms with Gasteiger partial charge in [-0.15, -0.1) is 0 Å². The van der Waals surface area contributed by atoms with Crippen LogP contribution in [0.2, 0.25) is 0 Å². The van der Waals surface area contributed by atoms with Gasteiger partial charge < -0.3 is 40.4 Å². The number of quaternary nitrogens is 1. The third-order valence-electron chi connectivity index (χ3n) is 7.85. The second kappa shape index (κ2) is 14.4. The predicted octanol–water partition coefficient (Wildman–Crippen LogP) is 4.75. The van der Waals surface area contributed by atoms with Crippen LogP contribution in [0.15, 0.2) is 115 Å². The van der Waals surface area contributed by atoms with Crippen LogP contribution in [-0.2, 0) is 32.7 Å². The molecule has 44 heavy (non-hydrogen) atoms. The zero-order chi connectivity index (χ0) is 29.5. The van der Waals surface area contributed by atoms with Crippen LogP contribution in [0, 0.1) is 0 Å². The molecule has 0 fully saturated rings. The Kier molecular flexibility index (Phi) is 10.2. The van der Waals surface area contributed by atoms with Crippen LogP contribution in [-0.4, -0.2) is 30.2 Å². The summed E-state index contributed by atoms with van der Waals surface area (Å²) in [6.07, 6.45) is 2.91. The lowest BCUT2D eigenvalue weighted by Crippen LogP contribution is -3.00. The molecule has 0 saturated carbocycles. The molecule has 0 radical (unpaired) electrons. The third kappa shape index (κ3) is 7.98. The van der Waals surface area contributed by atoms with Crippen molar-refractivity contribution in [1.29, 1.82) is 0 Å². The van der Waals surface area contributed by atoms with E-state index in [2.05, 4.69) is 54.5 Å². The minimum Gasteiger partial charge on any atom is -1.00 e. The fourth-order valence-electron chi connectivity index (χ4n) is 5.52. The predicted molar refractivity (Wildman–Crippen MR) is 167 cm³/mol. The average Bonchev–Trinajstić information content (AvgIpc) is 3.05. The quantitative estimate of drug-likeness (QED) is 0.193. The van der Waals surface area contributed by atoms with Crippen LogP contribution in [0.5, 0.6) is 28.9 Å². The summed E-state index contributed by atoms with van der Waals surface area (Å²) in [4.78, 5) is 4.60. The maximum atomic E-state index is 6.20. The number of rotatable bonds is 11. The molecule has 6 rings (SSSR count). The van der Waals surface area contributed by atoms with Crippen LogP contribution in [0.1, 0.15) is 27.8 Å². The van der Waals surface area contributed by atoms with E-state index >= 15 is 0 Å². The van der Waals surface area contributed by atoms with Gasteiger partial charge in [-0.3, -0.25) is 0 Å². The van der Waals surface area contributed by atoms with E-state index in [1.165, 1.54) is 16.7 Å². The highest BCUT2D eigenvalue weighted by Gasteiger charge is 2.30. The summed E-state index contributed by atoms with van der Waals surface area (Å²) in [5.41, 5.74) is 6.08. The topological polar surface area (TPSA) is 49.8 Å². The summed E-state index contributed by atoms with van der Waals surface area (Å²) >= 11 is 0. The molecule has 226 valence electrons. The van der Waals surface area contributed by atoms with Crippen molar-refractivity contribution in [2.45, 2.75) is 32.7 Å². The van der Waals surface area contributed by atoms with Gasteiger partial charge >= 0.3 is 0 Å². The molecule has 0 bridgehead atoms. The first kappa shape index (κ1) is 31.1. The number of hydrogen-bond donors (Lipinski definition) is 0. The van der Waals surface area contributed by atoms with E-state index in [9.17, 15) is 0 Å². The number of nitrogens with zero attached hydrogens (tertiary/aromatic N) is 2.